The molecule has 0 fully saturated rings. The molecule has 0 aliphatic carbocycles. The van der Waals surface area contributed by atoms with Crippen LogP contribution >= 0.6 is 0 Å². The van der Waals surface area contributed by atoms with Gasteiger partial charge in [-0.25, -0.2) is 13.2 Å². The first kappa shape index (κ1) is 20.8. The fourth-order valence-electron chi connectivity index (χ4n) is 2.28. The molecule has 0 heterocycles. The molecule has 7 heteroatoms. The number of aryl methyl sites for hydroxylation is 1. The number of hydrogen-bond donors (Lipinski definition) is 1. The minimum absolute atomic E-state index is 0.0393. The Hall–Kier alpha value is -2.51. The molecule has 2 aromatic carbocycles. The molecule has 144 valence electrons. The third kappa shape index (κ3) is 5.74. The SMILES string of the molecule is Cc1ccc(S(=O)(=O)NC(C(=O)OC(C)(C)C)C(=O)c2ccccc2)cc1. The van der Waals surface area contributed by atoms with Crippen LogP contribution in [-0.2, 0) is 19.6 Å². The molecule has 0 aliphatic rings. The molecule has 1 N–H and O–H groups in total. The number of nitrogens with one attached hydrogen (secondary N) is 1. The molecule has 0 bridgehead atoms. The lowest BCUT2D eigenvalue weighted by Crippen LogP contribution is -2.49. The van der Waals surface area contributed by atoms with Gasteiger partial charge in [-0.05, 0) is 39.8 Å². The molecule has 0 amide bonds. The van der Waals surface area contributed by atoms with Crippen molar-refractivity contribution >= 4 is 21.8 Å². The topological polar surface area (TPSA) is 89.5 Å². The summed E-state index contributed by atoms with van der Waals surface area (Å²) in [6.07, 6.45) is 0. The van der Waals surface area contributed by atoms with Crippen LogP contribution < -0.4 is 4.72 Å². The van der Waals surface area contributed by atoms with Crippen LogP contribution in [0.4, 0.5) is 0 Å². The van der Waals surface area contributed by atoms with Crippen molar-refractivity contribution in [2.45, 2.75) is 44.2 Å². The number of Topliss-reactive ketones (excluding diaryl/α,β-unsaturated/α-hetero) is 1. The van der Waals surface area contributed by atoms with Gasteiger partial charge in [-0.2, -0.15) is 4.72 Å². The Balaban J connectivity index is 2.38. The van der Waals surface area contributed by atoms with Gasteiger partial charge in [-0.1, -0.05) is 48.0 Å². The van der Waals surface area contributed by atoms with E-state index in [1.165, 1.54) is 24.3 Å². The van der Waals surface area contributed by atoms with Crippen LogP contribution in [0.5, 0.6) is 0 Å². The maximum Gasteiger partial charge on any atom is 0.332 e. The highest BCUT2D eigenvalue weighted by atomic mass is 32.2. The maximum absolute atomic E-state index is 12.8. The van der Waals surface area contributed by atoms with E-state index in [4.69, 9.17) is 4.74 Å². The summed E-state index contributed by atoms with van der Waals surface area (Å²) in [5, 5.41) is 0. The fourth-order valence-corrected chi connectivity index (χ4v) is 3.42. The number of rotatable bonds is 6. The number of sulfonamides is 1. The highest BCUT2D eigenvalue weighted by molar-refractivity contribution is 7.89. The fraction of sp³-hybridized carbons (Fsp3) is 0.300. The summed E-state index contributed by atoms with van der Waals surface area (Å²) >= 11 is 0. The second kappa shape index (κ2) is 8.02. The first-order chi connectivity index (χ1) is 12.5. The van der Waals surface area contributed by atoms with E-state index in [1.54, 1.807) is 51.1 Å². The van der Waals surface area contributed by atoms with Crippen molar-refractivity contribution in [1.29, 1.82) is 0 Å². The third-order valence-corrected chi connectivity index (χ3v) is 5.01. The van der Waals surface area contributed by atoms with E-state index in [9.17, 15) is 18.0 Å². The van der Waals surface area contributed by atoms with Crippen LogP contribution in [0.15, 0.2) is 59.5 Å². The van der Waals surface area contributed by atoms with E-state index in [1.807, 2.05) is 6.92 Å². The van der Waals surface area contributed by atoms with E-state index < -0.39 is 33.4 Å². The van der Waals surface area contributed by atoms with Crippen LogP contribution in [0.2, 0.25) is 0 Å². The third-order valence-electron chi connectivity index (χ3n) is 3.57. The number of esters is 1. The van der Waals surface area contributed by atoms with Crippen molar-refractivity contribution in [2.24, 2.45) is 0 Å². The van der Waals surface area contributed by atoms with Crippen LogP contribution in [0.1, 0.15) is 36.7 Å². The maximum atomic E-state index is 12.8. The van der Waals surface area contributed by atoms with Gasteiger partial charge in [-0.15, -0.1) is 0 Å². The average Bonchev–Trinajstić information content (AvgIpc) is 2.59. The molecule has 2 rings (SSSR count). The predicted octanol–water partition coefficient (Wildman–Crippen LogP) is 2.87. The zero-order valence-corrected chi connectivity index (χ0v) is 16.5. The van der Waals surface area contributed by atoms with E-state index in [2.05, 4.69) is 4.72 Å². The first-order valence-electron chi connectivity index (χ1n) is 8.41. The summed E-state index contributed by atoms with van der Waals surface area (Å²) in [6.45, 7) is 6.75. The summed E-state index contributed by atoms with van der Waals surface area (Å²) < 4.78 is 32.8. The Morgan fingerprint density at radius 1 is 0.963 bits per heavy atom. The van der Waals surface area contributed by atoms with Crippen molar-refractivity contribution in [2.75, 3.05) is 0 Å². The van der Waals surface area contributed by atoms with Gasteiger partial charge in [-0.3, -0.25) is 4.79 Å². The predicted molar refractivity (Wildman–Crippen MR) is 102 cm³/mol. The number of carbonyl (C=O) groups is 2. The molecule has 27 heavy (non-hydrogen) atoms. The molecule has 1 atom stereocenters. The van der Waals surface area contributed by atoms with E-state index in [0.29, 0.717) is 0 Å². The highest BCUT2D eigenvalue weighted by Crippen LogP contribution is 2.15. The molecule has 0 aliphatic heterocycles. The zero-order chi connectivity index (χ0) is 20.2. The molecule has 6 nitrogen and oxygen atoms in total. The van der Waals surface area contributed by atoms with Crippen LogP contribution in [-0.4, -0.2) is 31.8 Å². The van der Waals surface area contributed by atoms with Gasteiger partial charge in [0, 0.05) is 5.56 Å². The Labute approximate surface area is 159 Å². The molecular weight excluding hydrogens is 366 g/mol. The number of ether oxygens (including phenoxy) is 1. The lowest BCUT2D eigenvalue weighted by molar-refractivity contribution is -0.155. The standard InChI is InChI=1S/C20H23NO5S/c1-14-10-12-16(13-11-14)27(24,25)21-17(19(23)26-20(2,3)4)18(22)15-8-6-5-7-9-15/h5-13,17,21H,1-4H3. The summed E-state index contributed by atoms with van der Waals surface area (Å²) in [5.74, 6) is -1.63. The van der Waals surface area contributed by atoms with Crippen LogP contribution in [0.3, 0.4) is 0 Å². The Kier molecular flexibility index (Phi) is 6.18. The van der Waals surface area contributed by atoms with Crippen LogP contribution in [0.25, 0.3) is 0 Å². The quantitative estimate of drug-likeness (QED) is 0.466. The number of hydrogen-bond acceptors (Lipinski definition) is 5. The van der Waals surface area contributed by atoms with E-state index >= 15 is 0 Å². The zero-order valence-electron chi connectivity index (χ0n) is 15.7. The minimum Gasteiger partial charge on any atom is -0.458 e. The molecule has 0 radical (unpaired) electrons. The van der Waals surface area contributed by atoms with Crippen molar-refractivity contribution in [3.8, 4) is 0 Å². The van der Waals surface area contributed by atoms with Gasteiger partial charge >= 0.3 is 5.97 Å². The summed E-state index contributed by atoms with van der Waals surface area (Å²) in [6, 6.07) is 12.4. The molecule has 0 saturated carbocycles. The van der Waals surface area contributed by atoms with Gasteiger partial charge in [0.25, 0.3) is 0 Å². The molecule has 0 saturated heterocycles. The second-order valence-electron chi connectivity index (χ2n) is 7.13. The van der Waals surface area contributed by atoms with Crippen molar-refractivity contribution in [1.82, 2.24) is 4.72 Å². The van der Waals surface area contributed by atoms with Gasteiger partial charge in [0.05, 0.1) is 4.90 Å². The lowest BCUT2D eigenvalue weighted by atomic mass is 10.0. The summed E-state index contributed by atoms with van der Waals surface area (Å²) in [4.78, 5) is 25.3. The van der Waals surface area contributed by atoms with E-state index in [-0.39, 0.29) is 10.5 Å². The Morgan fingerprint density at radius 3 is 2.04 bits per heavy atom. The molecule has 1 unspecified atom stereocenters. The first-order valence-corrected chi connectivity index (χ1v) is 9.89. The summed E-state index contributed by atoms with van der Waals surface area (Å²) in [5.41, 5.74) is 0.222. The molecule has 0 aromatic heterocycles. The molecule has 0 spiro atoms. The van der Waals surface area contributed by atoms with Gasteiger partial charge in [0.1, 0.15) is 5.60 Å². The largest absolute Gasteiger partial charge is 0.458 e. The lowest BCUT2D eigenvalue weighted by Gasteiger charge is -2.24. The highest BCUT2D eigenvalue weighted by Gasteiger charge is 2.35. The average molecular weight is 389 g/mol. The number of carbonyl (C=O) groups excluding carboxylic acids is 2. The van der Waals surface area contributed by atoms with Gasteiger partial charge < -0.3 is 4.74 Å². The smallest absolute Gasteiger partial charge is 0.332 e. The van der Waals surface area contributed by atoms with Crippen molar-refractivity contribution < 1.29 is 22.7 Å². The van der Waals surface area contributed by atoms with Crippen molar-refractivity contribution in [3.05, 3.63) is 65.7 Å². The van der Waals surface area contributed by atoms with E-state index in [0.717, 1.165) is 5.56 Å². The minimum atomic E-state index is -4.10. The summed E-state index contributed by atoms with van der Waals surface area (Å²) in [7, 11) is -4.10. The molecular formula is C20H23NO5S. The van der Waals surface area contributed by atoms with Gasteiger partial charge in [0.15, 0.2) is 11.8 Å². The van der Waals surface area contributed by atoms with Crippen LogP contribution in [0, 0.1) is 6.92 Å². The Bertz CT molecular complexity index is 913. The second-order valence-corrected chi connectivity index (χ2v) is 8.85. The number of ketones is 1. The monoisotopic (exact) mass is 389 g/mol. The molecule has 2 aromatic rings. The normalized spacial score (nSPS) is 13.0. The Morgan fingerprint density at radius 2 is 1.52 bits per heavy atom. The van der Waals surface area contributed by atoms with Gasteiger partial charge in [0.2, 0.25) is 10.0 Å². The number of benzene rings is 2. The van der Waals surface area contributed by atoms with Crippen molar-refractivity contribution in [3.63, 3.8) is 0 Å².